The highest BCUT2D eigenvalue weighted by Crippen LogP contribution is 2.29. The molecule has 5 rings (SSSR count). The second-order valence-electron chi connectivity index (χ2n) is 8.21. The maximum absolute atomic E-state index is 12.6. The second kappa shape index (κ2) is 11.2. The van der Waals surface area contributed by atoms with E-state index in [-0.39, 0.29) is 11.7 Å². The summed E-state index contributed by atoms with van der Waals surface area (Å²) in [4.78, 5) is 12.6. The molecule has 1 heterocycles. The van der Waals surface area contributed by atoms with Crippen LogP contribution in [0.1, 0.15) is 12.5 Å². The number of halogens is 2. The third kappa shape index (κ3) is 5.85. The van der Waals surface area contributed by atoms with Crippen LogP contribution in [0.4, 0.5) is 0 Å². The summed E-state index contributed by atoms with van der Waals surface area (Å²) in [6, 6.07) is 28.9. The van der Waals surface area contributed by atoms with Crippen LogP contribution >= 0.6 is 35.0 Å². The molecular formula is C28H21Cl2N5OS. The van der Waals surface area contributed by atoms with Crippen LogP contribution in [0, 0.1) is 0 Å². The van der Waals surface area contributed by atoms with E-state index in [0.717, 1.165) is 33.3 Å². The van der Waals surface area contributed by atoms with Gasteiger partial charge in [-0.05, 0) is 77.9 Å². The van der Waals surface area contributed by atoms with Gasteiger partial charge in [0.2, 0.25) is 0 Å². The number of aromatic nitrogens is 3. The Labute approximate surface area is 228 Å². The highest BCUT2D eigenvalue weighted by atomic mass is 35.5. The lowest BCUT2D eigenvalue weighted by Crippen LogP contribution is -2.21. The maximum atomic E-state index is 12.6. The first-order valence-corrected chi connectivity index (χ1v) is 13.1. The van der Waals surface area contributed by atoms with Gasteiger partial charge in [0.25, 0.3) is 5.91 Å². The number of fused-ring (bicyclic) bond motifs is 1. The Bertz CT molecular complexity index is 1600. The first kappa shape index (κ1) is 25.0. The predicted molar refractivity (Wildman–Crippen MR) is 152 cm³/mol. The fraction of sp³-hybridized carbons (Fsp3) is 0.0714. The molecule has 0 spiro atoms. The topological polar surface area (TPSA) is 72.2 Å². The number of carbonyl (C=O) groups is 1. The van der Waals surface area contributed by atoms with Gasteiger partial charge in [-0.3, -0.25) is 9.36 Å². The van der Waals surface area contributed by atoms with Crippen molar-refractivity contribution in [3.63, 3.8) is 0 Å². The molecule has 5 aromatic rings. The van der Waals surface area contributed by atoms with E-state index in [1.807, 2.05) is 60.0 Å². The van der Waals surface area contributed by atoms with Gasteiger partial charge < -0.3 is 0 Å². The maximum Gasteiger partial charge on any atom is 0.250 e. The van der Waals surface area contributed by atoms with Crippen LogP contribution in [0.2, 0.25) is 10.0 Å². The van der Waals surface area contributed by atoms with Crippen molar-refractivity contribution in [2.75, 3.05) is 5.75 Å². The van der Waals surface area contributed by atoms with Crippen molar-refractivity contribution in [3.05, 3.63) is 107 Å². The summed E-state index contributed by atoms with van der Waals surface area (Å²) >= 11 is 13.4. The molecule has 0 unspecified atom stereocenters. The third-order valence-corrected chi connectivity index (χ3v) is 7.10. The monoisotopic (exact) mass is 545 g/mol. The van der Waals surface area contributed by atoms with E-state index in [4.69, 9.17) is 23.2 Å². The third-order valence-electron chi connectivity index (χ3n) is 5.67. The van der Waals surface area contributed by atoms with Crippen molar-refractivity contribution in [1.82, 2.24) is 20.2 Å². The largest absolute Gasteiger partial charge is 0.272 e. The molecule has 9 heteroatoms. The lowest BCUT2D eigenvalue weighted by Gasteiger charge is -2.10. The van der Waals surface area contributed by atoms with Gasteiger partial charge in [0.1, 0.15) is 0 Å². The van der Waals surface area contributed by atoms with Crippen LogP contribution in [-0.4, -0.2) is 32.1 Å². The van der Waals surface area contributed by atoms with Gasteiger partial charge in [-0.2, -0.15) is 5.10 Å². The number of amides is 1. The molecule has 0 saturated carbocycles. The van der Waals surface area contributed by atoms with Gasteiger partial charge in [0.15, 0.2) is 11.0 Å². The molecule has 6 nitrogen and oxygen atoms in total. The van der Waals surface area contributed by atoms with E-state index in [1.165, 1.54) is 11.8 Å². The number of hydrogen-bond donors (Lipinski definition) is 1. The first-order valence-electron chi connectivity index (χ1n) is 11.4. The molecule has 1 N–H and O–H groups in total. The number of benzene rings is 4. The minimum Gasteiger partial charge on any atom is -0.272 e. The predicted octanol–water partition coefficient (Wildman–Crippen LogP) is 7.03. The van der Waals surface area contributed by atoms with Crippen LogP contribution in [-0.2, 0) is 4.79 Å². The molecule has 184 valence electrons. The van der Waals surface area contributed by atoms with E-state index >= 15 is 0 Å². The summed E-state index contributed by atoms with van der Waals surface area (Å²) < 4.78 is 1.89. The molecule has 0 saturated heterocycles. The van der Waals surface area contributed by atoms with Gasteiger partial charge in [0, 0.05) is 21.3 Å². The quantitative estimate of drug-likeness (QED) is 0.135. The normalized spacial score (nSPS) is 11.6. The van der Waals surface area contributed by atoms with Crippen LogP contribution in [0.15, 0.2) is 101 Å². The van der Waals surface area contributed by atoms with Gasteiger partial charge in [-0.1, -0.05) is 71.4 Å². The minimum absolute atomic E-state index is 0.112. The number of hydrogen-bond acceptors (Lipinski definition) is 5. The fourth-order valence-electron chi connectivity index (χ4n) is 3.76. The first-order chi connectivity index (χ1) is 18.0. The van der Waals surface area contributed by atoms with Gasteiger partial charge in [-0.25, -0.2) is 5.43 Å². The number of nitrogens with zero attached hydrogens (tertiary/aromatic N) is 4. The number of carbonyl (C=O) groups excluding carboxylic acids is 1. The molecule has 0 aliphatic rings. The summed E-state index contributed by atoms with van der Waals surface area (Å²) in [6.45, 7) is 1.87. The van der Waals surface area contributed by atoms with Crippen LogP contribution in [0.25, 0.3) is 27.8 Å². The van der Waals surface area contributed by atoms with Crippen LogP contribution in [0.5, 0.6) is 0 Å². The summed E-state index contributed by atoms with van der Waals surface area (Å²) in [5, 5.41) is 17.1. The minimum atomic E-state index is -0.246. The lowest BCUT2D eigenvalue weighted by molar-refractivity contribution is -0.118. The van der Waals surface area contributed by atoms with Gasteiger partial charge in [-0.15, -0.1) is 10.2 Å². The molecule has 1 amide bonds. The second-order valence-corrected chi connectivity index (χ2v) is 10.0. The van der Waals surface area contributed by atoms with E-state index in [1.54, 1.807) is 24.3 Å². The van der Waals surface area contributed by atoms with Crippen molar-refractivity contribution in [2.24, 2.45) is 5.10 Å². The molecule has 0 bridgehead atoms. The van der Waals surface area contributed by atoms with Gasteiger partial charge in [0.05, 0.1) is 11.5 Å². The van der Waals surface area contributed by atoms with E-state index < -0.39 is 0 Å². The molecule has 1 aromatic heterocycles. The smallest absolute Gasteiger partial charge is 0.250 e. The van der Waals surface area contributed by atoms with Crippen molar-refractivity contribution < 1.29 is 4.79 Å². The molecule has 37 heavy (non-hydrogen) atoms. The van der Waals surface area contributed by atoms with Crippen molar-refractivity contribution >= 4 is 57.4 Å². The summed E-state index contributed by atoms with van der Waals surface area (Å²) in [6.07, 6.45) is 0. The number of thioether (sulfide) groups is 1. The molecule has 0 radical (unpaired) electrons. The Morgan fingerprint density at radius 3 is 2.30 bits per heavy atom. The highest BCUT2D eigenvalue weighted by molar-refractivity contribution is 7.99. The van der Waals surface area contributed by atoms with Crippen LogP contribution in [0.3, 0.4) is 0 Å². The molecular weight excluding hydrogens is 525 g/mol. The zero-order valence-corrected chi connectivity index (χ0v) is 22.1. The zero-order valence-electron chi connectivity index (χ0n) is 19.7. The number of hydrazone groups is 1. The van der Waals surface area contributed by atoms with Crippen molar-refractivity contribution in [3.8, 4) is 17.1 Å². The SMILES string of the molecule is CC(=NNC(=O)CSc1nnc(-c2ccc(Cl)cc2)n1-c1ccc(Cl)cc1)c1ccc2ccccc2c1. The molecule has 4 aromatic carbocycles. The van der Waals surface area contributed by atoms with E-state index in [2.05, 4.69) is 38.9 Å². The Balaban J connectivity index is 1.33. The Hall–Kier alpha value is -3.65. The summed E-state index contributed by atoms with van der Waals surface area (Å²) in [5.74, 6) is 0.497. The highest BCUT2D eigenvalue weighted by Gasteiger charge is 2.17. The van der Waals surface area contributed by atoms with E-state index in [9.17, 15) is 4.79 Å². The van der Waals surface area contributed by atoms with Crippen molar-refractivity contribution in [1.29, 1.82) is 0 Å². The summed E-state index contributed by atoms with van der Waals surface area (Å²) in [7, 11) is 0. The van der Waals surface area contributed by atoms with Crippen molar-refractivity contribution in [2.45, 2.75) is 12.1 Å². The van der Waals surface area contributed by atoms with Gasteiger partial charge >= 0.3 is 0 Å². The standard InChI is InChI=1S/C28H21Cl2N5OS/c1-18(21-7-6-19-4-2-3-5-22(19)16-21)31-32-26(36)17-37-28-34-33-27(20-8-10-23(29)11-9-20)35(28)25-14-12-24(30)13-15-25/h2-16H,17H2,1H3,(H,32,36). The van der Waals surface area contributed by atoms with E-state index in [0.29, 0.717) is 21.0 Å². The Morgan fingerprint density at radius 2 is 1.57 bits per heavy atom. The molecule has 0 aliphatic heterocycles. The zero-order chi connectivity index (χ0) is 25.8. The van der Waals surface area contributed by atoms with Crippen LogP contribution < -0.4 is 5.43 Å². The average Bonchev–Trinajstić information content (AvgIpc) is 3.35. The molecule has 0 aliphatic carbocycles. The number of rotatable bonds is 7. The lowest BCUT2D eigenvalue weighted by atomic mass is 10.0. The molecule has 0 fully saturated rings. The Kier molecular flexibility index (Phi) is 7.55. The number of nitrogens with one attached hydrogen (secondary N) is 1. The summed E-state index contributed by atoms with van der Waals surface area (Å²) in [5.41, 5.74) is 5.99. The fourth-order valence-corrected chi connectivity index (χ4v) is 4.76. The molecule has 0 atom stereocenters. The Morgan fingerprint density at radius 1 is 0.892 bits per heavy atom. The average molecular weight is 546 g/mol.